The number of amides is 2. The number of carbonyl (C=O) groups is 2. The molecule has 33 heavy (non-hydrogen) atoms. The molecule has 0 radical (unpaired) electrons. The van der Waals surface area contributed by atoms with Crippen LogP contribution in [-0.2, 0) is 17.6 Å². The van der Waals surface area contributed by atoms with Crippen molar-refractivity contribution in [1.82, 2.24) is 9.80 Å². The van der Waals surface area contributed by atoms with Crippen LogP contribution >= 0.6 is 11.3 Å². The lowest BCUT2D eigenvalue weighted by atomic mass is 10.1. The van der Waals surface area contributed by atoms with E-state index < -0.39 is 0 Å². The molecule has 1 saturated heterocycles. The van der Waals surface area contributed by atoms with Gasteiger partial charge in [-0.1, -0.05) is 42.5 Å². The zero-order chi connectivity index (χ0) is 22.9. The summed E-state index contributed by atoms with van der Waals surface area (Å²) < 4.78 is 0. The third kappa shape index (κ3) is 7.01. The third-order valence-corrected chi connectivity index (χ3v) is 6.96. The van der Waals surface area contributed by atoms with Crippen molar-refractivity contribution in [1.29, 1.82) is 0 Å². The number of aryl methyl sites for hydroxylation is 1. The molecule has 0 saturated carbocycles. The molecule has 0 atom stereocenters. The summed E-state index contributed by atoms with van der Waals surface area (Å²) in [6, 6.07) is 22.0. The Labute approximate surface area is 200 Å². The standard InChI is InChI=1S/C27H31N3O2S/c31-26(13-5-11-25-12-6-20-33-25)28-24-10-4-9-23(21-24)27(32)30-18-16-29(17-19-30)15-14-22-7-2-1-3-8-22/h1-4,6-10,12,20-21H,5,11,13-19H2,(H,28,31). The van der Waals surface area contributed by atoms with E-state index in [4.69, 9.17) is 0 Å². The van der Waals surface area contributed by atoms with Gasteiger partial charge in [-0.15, -0.1) is 11.3 Å². The average Bonchev–Trinajstić information content (AvgIpc) is 3.37. The minimum Gasteiger partial charge on any atom is -0.336 e. The molecule has 5 nitrogen and oxygen atoms in total. The summed E-state index contributed by atoms with van der Waals surface area (Å²) in [5, 5.41) is 5.00. The van der Waals surface area contributed by atoms with E-state index in [1.165, 1.54) is 10.4 Å². The van der Waals surface area contributed by atoms with Crippen molar-refractivity contribution in [3.05, 3.63) is 88.1 Å². The quantitative estimate of drug-likeness (QED) is 0.502. The molecular weight excluding hydrogens is 430 g/mol. The summed E-state index contributed by atoms with van der Waals surface area (Å²) >= 11 is 1.72. The lowest BCUT2D eigenvalue weighted by Gasteiger charge is -2.34. The van der Waals surface area contributed by atoms with Crippen LogP contribution in [-0.4, -0.2) is 54.3 Å². The molecular formula is C27H31N3O2S. The second-order valence-electron chi connectivity index (χ2n) is 8.43. The van der Waals surface area contributed by atoms with Crippen molar-refractivity contribution < 1.29 is 9.59 Å². The summed E-state index contributed by atoms with van der Waals surface area (Å²) in [5.74, 6) is 0.0229. The van der Waals surface area contributed by atoms with Crippen LogP contribution in [0.4, 0.5) is 5.69 Å². The first-order valence-electron chi connectivity index (χ1n) is 11.7. The van der Waals surface area contributed by atoms with E-state index in [-0.39, 0.29) is 11.8 Å². The van der Waals surface area contributed by atoms with Crippen LogP contribution in [0.25, 0.3) is 0 Å². The summed E-state index contributed by atoms with van der Waals surface area (Å²) in [7, 11) is 0. The molecule has 2 heterocycles. The number of hydrogen-bond acceptors (Lipinski definition) is 4. The third-order valence-electron chi connectivity index (χ3n) is 6.02. The second kappa shape index (κ2) is 11.8. The molecule has 2 aromatic carbocycles. The van der Waals surface area contributed by atoms with Gasteiger partial charge < -0.3 is 10.2 Å². The zero-order valence-corrected chi connectivity index (χ0v) is 19.7. The number of piperazine rings is 1. The molecule has 2 amide bonds. The Balaban J connectivity index is 1.22. The largest absolute Gasteiger partial charge is 0.336 e. The fraction of sp³-hybridized carbons (Fsp3) is 0.333. The van der Waals surface area contributed by atoms with Gasteiger partial charge in [0.1, 0.15) is 0 Å². The molecule has 0 aliphatic carbocycles. The number of rotatable bonds is 9. The van der Waals surface area contributed by atoms with Gasteiger partial charge in [-0.2, -0.15) is 0 Å². The highest BCUT2D eigenvalue weighted by molar-refractivity contribution is 7.09. The average molecular weight is 462 g/mol. The molecule has 3 aromatic rings. The van der Waals surface area contributed by atoms with Gasteiger partial charge in [-0.3, -0.25) is 14.5 Å². The lowest BCUT2D eigenvalue weighted by molar-refractivity contribution is -0.116. The topological polar surface area (TPSA) is 52.7 Å². The van der Waals surface area contributed by atoms with Crippen LogP contribution in [0.5, 0.6) is 0 Å². The first-order chi connectivity index (χ1) is 16.2. The summed E-state index contributed by atoms with van der Waals surface area (Å²) in [5.41, 5.74) is 2.66. The summed E-state index contributed by atoms with van der Waals surface area (Å²) in [4.78, 5) is 31.0. The molecule has 4 rings (SSSR count). The Hall–Kier alpha value is -2.96. The number of nitrogens with zero attached hydrogens (tertiary/aromatic N) is 2. The fourth-order valence-electron chi connectivity index (χ4n) is 4.12. The van der Waals surface area contributed by atoms with Crippen molar-refractivity contribution in [3.8, 4) is 0 Å². The van der Waals surface area contributed by atoms with Gasteiger partial charge in [0.15, 0.2) is 0 Å². The molecule has 1 aliphatic rings. The minimum atomic E-state index is -0.0109. The maximum atomic E-state index is 13.0. The van der Waals surface area contributed by atoms with Gasteiger partial charge in [-0.05, 0) is 54.5 Å². The maximum Gasteiger partial charge on any atom is 0.254 e. The van der Waals surface area contributed by atoms with Gasteiger partial charge >= 0.3 is 0 Å². The Kier molecular flexibility index (Phi) is 8.28. The van der Waals surface area contributed by atoms with E-state index in [1.807, 2.05) is 35.2 Å². The van der Waals surface area contributed by atoms with Crippen molar-refractivity contribution in [3.63, 3.8) is 0 Å². The van der Waals surface area contributed by atoms with Crippen molar-refractivity contribution in [2.75, 3.05) is 38.0 Å². The molecule has 1 aliphatic heterocycles. The van der Waals surface area contributed by atoms with Crippen LogP contribution in [0.15, 0.2) is 72.1 Å². The predicted molar refractivity (Wildman–Crippen MR) is 135 cm³/mol. The molecule has 1 fully saturated rings. The van der Waals surface area contributed by atoms with Gasteiger partial charge in [0.05, 0.1) is 0 Å². The van der Waals surface area contributed by atoms with Crippen LogP contribution < -0.4 is 5.32 Å². The Morgan fingerprint density at radius 1 is 0.879 bits per heavy atom. The normalized spacial score (nSPS) is 14.2. The highest BCUT2D eigenvalue weighted by Gasteiger charge is 2.22. The van der Waals surface area contributed by atoms with Crippen LogP contribution in [0, 0.1) is 0 Å². The lowest BCUT2D eigenvalue weighted by Crippen LogP contribution is -2.49. The van der Waals surface area contributed by atoms with Gasteiger partial charge in [0.2, 0.25) is 5.91 Å². The number of anilines is 1. The molecule has 0 bridgehead atoms. The predicted octanol–water partition coefficient (Wildman–Crippen LogP) is 4.71. The van der Waals surface area contributed by atoms with Crippen molar-refractivity contribution >= 4 is 28.8 Å². The Morgan fingerprint density at radius 2 is 1.70 bits per heavy atom. The first kappa shape index (κ1) is 23.2. The summed E-state index contributed by atoms with van der Waals surface area (Å²) in [6.45, 7) is 4.25. The fourth-order valence-corrected chi connectivity index (χ4v) is 4.87. The molecule has 6 heteroatoms. The van der Waals surface area contributed by atoms with E-state index >= 15 is 0 Å². The van der Waals surface area contributed by atoms with Crippen molar-refractivity contribution in [2.45, 2.75) is 25.7 Å². The number of thiophene rings is 1. The Bertz CT molecular complexity index is 1030. The van der Waals surface area contributed by atoms with Crippen molar-refractivity contribution in [2.24, 2.45) is 0 Å². The highest BCUT2D eigenvalue weighted by atomic mass is 32.1. The van der Waals surface area contributed by atoms with Crippen LogP contribution in [0.1, 0.15) is 33.6 Å². The molecule has 172 valence electrons. The molecule has 0 spiro atoms. The molecule has 1 N–H and O–H groups in total. The highest BCUT2D eigenvalue weighted by Crippen LogP contribution is 2.16. The van der Waals surface area contributed by atoms with E-state index in [9.17, 15) is 9.59 Å². The summed E-state index contributed by atoms with van der Waals surface area (Å²) in [6.07, 6.45) is 3.24. The molecule has 0 unspecified atom stereocenters. The maximum absolute atomic E-state index is 13.0. The van der Waals surface area contributed by atoms with Crippen LogP contribution in [0.3, 0.4) is 0 Å². The zero-order valence-electron chi connectivity index (χ0n) is 18.9. The van der Waals surface area contributed by atoms with E-state index in [0.29, 0.717) is 17.7 Å². The van der Waals surface area contributed by atoms with Crippen LogP contribution in [0.2, 0.25) is 0 Å². The molecule has 1 aromatic heterocycles. The number of nitrogens with one attached hydrogen (secondary N) is 1. The van der Waals surface area contributed by atoms with E-state index in [1.54, 1.807) is 17.4 Å². The van der Waals surface area contributed by atoms with E-state index in [2.05, 4.69) is 45.9 Å². The number of carbonyl (C=O) groups excluding carboxylic acids is 2. The number of hydrogen-bond donors (Lipinski definition) is 1. The van der Waals surface area contributed by atoms with Gasteiger partial charge in [0.25, 0.3) is 5.91 Å². The van der Waals surface area contributed by atoms with E-state index in [0.717, 1.165) is 52.0 Å². The SMILES string of the molecule is O=C(CCCc1cccs1)Nc1cccc(C(=O)N2CCN(CCc3ccccc3)CC2)c1. The van der Waals surface area contributed by atoms with Gasteiger partial charge in [0, 0.05) is 55.3 Å². The Morgan fingerprint density at radius 3 is 2.45 bits per heavy atom. The van der Waals surface area contributed by atoms with Gasteiger partial charge in [-0.25, -0.2) is 0 Å². The number of benzene rings is 2. The second-order valence-corrected chi connectivity index (χ2v) is 9.46. The first-order valence-corrected chi connectivity index (χ1v) is 12.5. The minimum absolute atomic E-state index is 0.0109. The monoisotopic (exact) mass is 461 g/mol. The smallest absolute Gasteiger partial charge is 0.254 e.